The Labute approximate surface area is 159 Å². The minimum Gasteiger partial charge on any atom is -0.386 e. The number of aryl methyl sites for hydroxylation is 1. The number of nitrogens with one attached hydrogen (secondary N) is 1. The van der Waals surface area contributed by atoms with Crippen LogP contribution in [0.5, 0.6) is 0 Å². The van der Waals surface area contributed by atoms with Crippen LogP contribution in [0.2, 0.25) is 0 Å². The van der Waals surface area contributed by atoms with Crippen molar-refractivity contribution in [2.45, 2.75) is 25.0 Å². The fourth-order valence-corrected chi connectivity index (χ4v) is 4.35. The number of amides is 2. The van der Waals surface area contributed by atoms with Gasteiger partial charge in [-0.25, -0.2) is 4.79 Å². The number of nitrogens with zero attached hydrogens (tertiary/aromatic N) is 4. The SMILES string of the molecule is Cn1cc(NC(=O)N(Cc2ccccc2)CC2(O)CN3CCC2CC3)cn1. The number of rotatable bonds is 5. The molecule has 2 bridgehead atoms. The molecule has 7 nitrogen and oxygen atoms in total. The fourth-order valence-electron chi connectivity index (χ4n) is 4.35. The van der Waals surface area contributed by atoms with E-state index >= 15 is 0 Å². The Morgan fingerprint density at radius 2 is 2.07 bits per heavy atom. The molecule has 0 radical (unpaired) electrons. The molecule has 1 aromatic carbocycles. The Bertz CT molecular complexity index is 785. The minimum absolute atomic E-state index is 0.211. The molecule has 144 valence electrons. The summed E-state index contributed by atoms with van der Waals surface area (Å²) in [6, 6.07) is 9.70. The highest BCUT2D eigenvalue weighted by Gasteiger charge is 2.46. The Morgan fingerprint density at radius 1 is 1.33 bits per heavy atom. The zero-order chi connectivity index (χ0) is 18.9. The maximum Gasteiger partial charge on any atom is 0.322 e. The van der Waals surface area contributed by atoms with E-state index in [1.54, 1.807) is 22.0 Å². The van der Waals surface area contributed by atoms with Gasteiger partial charge >= 0.3 is 6.03 Å². The van der Waals surface area contributed by atoms with Crippen LogP contribution in [0.15, 0.2) is 42.7 Å². The fraction of sp³-hybridized carbons (Fsp3) is 0.500. The van der Waals surface area contributed by atoms with E-state index in [2.05, 4.69) is 15.3 Å². The van der Waals surface area contributed by atoms with E-state index in [1.807, 2.05) is 37.4 Å². The van der Waals surface area contributed by atoms with Crippen molar-refractivity contribution in [2.75, 3.05) is 31.5 Å². The van der Waals surface area contributed by atoms with Crippen molar-refractivity contribution in [3.63, 3.8) is 0 Å². The zero-order valence-corrected chi connectivity index (χ0v) is 15.7. The van der Waals surface area contributed by atoms with E-state index < -0.39 is 5.60 Å². The molecule has 3 fully saturated rings. The summed E-state index contributed by atoms with van der Waals surface area (Å²) >= 11 is 0. The summed E-state index contributed by atoms with van der Waals surface area (Å²) < 4.78 is 1.65. The van der Waals surface area contributed by atoms with Gasteiger partial charge in [0.1, 0.15) is 0 Å². The summed E-state index contributed by atoms with van der Waals surface area (Å²) in [5, 5.41) is 18.4. The summed E-state index contributed by atoms with van der Waals surface area (Å²) in [7, 11) is 1.81. The molecule has 2 N–H and O–H groups in total. The summed E-state index contributed by atoms with van der Waals surface area (Å²) in [4.78, 5) is 17.0. The summed E-state index contributed by atoms with van der Waals surface area (Å²) in [6.07, 6.45) is 5.39. The molecule has 27 heavy (non-hydrogen) atoms. The third-order valence-corrected chi connectivity index (χ3v) is 5.77. The van der Waals surface area contributed by atoms with E-state index in [-0.39, 0.29) is 11.9 Å². The second kappa shape index (κ2) is 7.32. The second-order valence-corrected chi connectivity index (χ2v) is 7.83. The van der Waals surface area contributed by atoms with E-state index in [4.69, 9.17) is 0 Å². The monoisotopic (exact) mass is 369 g/mol. The van der Waals surface area contributed by atoms with Gasteiger partial charge in [0.2, 0.25) is 0 Å². The number of piperidine rings is 3. The van der Waals surface area contributed by atoms with Gasteiger partial charge in [-0.15, -0.1) is 0 Å². The molecule has 1 atom stereocenters. The molecule has 0 spiro atoms. The normalized spacial score (nSPS) is 26.7. The number of hydrogen-bond donors (Lipinski definition) is 2. The summed E-state index contributed by atoms with van der Waals surface area (Å²) in [6.45, 7) is 3.53. The van der Waals surface area contributed by atoms with E-state index in [1.165, 1.54) is 0 Å². The molecule has 0 saturated carbocycles. The molecule has 3 aliphatic rings. The van der Waals surface area contributed by atoms with Crippen LogP contribution in [0.25, 0.3) is 0 Å². The number of fused-ring (bicyclic) bond motifs is 3. The minimum atomic E-state index is -0.850. The van der Waals surface area contributed by atoms with E-state index in [0.717, 1.165) is 31.5 Å². The first-order valence-corrected chi connectivity index (χ1v) is 9.55. The van der Waals surface area contributed by atoms with E-state index in [0.29, 0.717) is 25.3 Å². The topological polar surface area (TPSA) is 73.6 Å². The number of anilines is 1. The van der Waals surface area contributed by atoms with Crippen molar-refractivity contribution >= 4 is 11.7 Å². The van der Waals surface area contributed by atoms with E-state index in [9.17, 15) is 9.90 Å². The van der Waals surface area contributed by atoms with Gasteiger partial charge in [-0.2, -0.15) is 5.10 Å². The van der Waals surface area contributed by atoms with Gasteiger partial charge in [-0.3, -0.25) is 4.68 Å². The van der Waals surface area contributed by atoms with Crippen LogP contribution in [0.3, 0.4) is 0 Å². The van der Waals surface area contributed by atoms with Crippen molar-refractivity contribution in [1.82, 2.24) is 19.6 Å². The molecule has 4 heterocycles. The Hall–Kier alpha value is -2.38. The molecule has 3 saturated heterocycles. The van der Waals surface area contributed by atoms with Gasteiger partial charge < -0.3 is 20.2 Å². The number of carbonyl (C=O) groups excluding carboxylic acids is 1. The Morgan fingerprint density at radius 3 is 2.67 bits per heavy atom. The first-order valence-electron chi connectivity index (χ1n) is 9.55. The first-order chi connectivity index (χ1) is 13.0. The molecule has 2 aromatic rings. The van der Waals surface area contributed by atoms with Gasteiger partial charge in [0.15, 0.2) is 0 Å². The average molecular weight is 369 g/mol. The van der Waals surface area contributed by atoms with Crippen LogP contribution in [0, 0.1) is 5.92 Å². The summed E-state index contributed by atoms with van der Waals surface area (Å²) in [5.74, 6) is 0.256. The maximum atomic E-state index is 13.0. The van der Waals surface area contributed by atoms with Gasteiger partial charge in [0.25, 0.3) is 0 Å². The van der Waals surface area contributed by atoms with Gasteiger partial charge in [0.05, 0.1) is 24.0 Å². The van der Waals surface area contributed by atoms with Crippen molar-refractivity contribution in [3.05, 3.63) is 48.3 Å². The van der Waals surface area contributed by atoms with Crippen LogP contribution in [0.1, 0.15) is 18.4 Å². The van der Waals surface area contributed by atoms with Gasteiger partial charge in [-0.1, -0.05) is 30.3 Å². The third kappa shape index (κ3) is 3.99. The van der Waals surface area contributed by atoms with Crippen LogP contribution in [0.4, 0.5) is 10.5 Å². The average Bonchev–Trinajstić information content (AvgIpc) is 3.07. The predicted octanol–water partition coefficient (Wildman–Crippen LogP) is 1.91. The number of urea groups is 1. The lowest BCUT2D eigenvalue weighted by Crippen LogP contribution is -2.63. The van der Waals surface area contributed by atoms with Gasteiger partial charge in [-0.05, 0) is 37.4 Å². The molecule has 7 heteroatoms. The number of benzene rings is 1. The standard InChI is InChI=1S/C20H27N5O2/c1-23-13-18(11-21-23)22-19(26)25(12-16-5-3-2-4-6-16)15-20(27)14-24-9-7-17(20)8-10-24/h2-6,11,13,17,27H,7-10,12,14-15H2,1H3,(H,22,26). The molecule has 2 amide bonds. The number of aliphatic hydroxyl groups is 1. The maximum absolute atomic E-state index is 13.0. The molecule has 5 rings (SSSR count). The Balaban J connectivity index is 1.53. The molecular weight excluding hydrogens is 342 g/mol. The molecular formula is C20H27N5O2. The van der Waals surface area contributed by atoms with Crippen LogP contribution in [-0.2, 0) is 13.6 Å². The molecule has 1 aromatic heterocycles. The quantitative estimate of drug-likeness (QED) is 0.844. The van der Waals surface area contributed by atoms with Crippen LogP contribution < -0.4 is 5.32 Å². The molecule has 3 aliphatic heterocycles. The zero-order valence-electron chi connectivity index (χ0n) is 15.7. The number of hydrogen-bond acceptors (Lipinski definition) is 4. The lowest BCUT2D eigenvalue weighted by molar-refractivity contribution is -0.121. The lowest BCUT2D eigenvalue weighted by Gasteiger charge is -2.51. The second-order valence-electron chi connectivity index (χ2n) is 7.83. The predicted molar refractivity (Wildman–Crippen MR) is 103 cm³/mol. The number of aromatic nitrogens is 2. The van der Waals surface area contributed by atoms with Crippen molar-refractivity contribution < 1.29 is 9.90 Å². The first kappa shape index (κ1) is 18.0. The van der Waals surface area contributed by atoms with Crippen LogP contribution >= 0.6 is 0 Å². The highest BCUT2D eigenvalue weighted by Crippen LogP contribution is 2.36. The highest BCUT2D eigenvalue weighted by atomic mass is 16.3. The van der Waals surface area contributed by atoms with Crippen molar-refractivity contribution in [2.24, 2.45) is 13.0 Å². The molecule has 1 unspecified atom stereocenters. The lowest BCUT2D eigenvalue weighted by atomic mass is 9.75. The Kier molecular flexibility index (Phi) is 4.88. The number of carbonyl (C=O) groups is 1. The van der Waals surface area contributed by atoms with Crippen molar-refractivity contribution in [3.8, 4) is 0 Å². The summed E-state index contributed by atoms with van der Waals surface area (Å²) in [5.41, 5.74) is 0.850. The van der Waals surface area contributed by atoms with Crippen LogP contribution in [-0.4, -0.2) is 62.5 Å². The largest absolute Gasteiger partial charge is 0.386 e. The smallest absolute Gasteiger partial charge is 0.322 e. The third-order valence-electron chi connectivity index (χ3n) is 5.77. The molecule has 0 aliphatic carbocycles. The van der Waals surface area contributed by atoms with Gasteiger partial charge in [0, 0.05) is 26.3 Å². The highest BCUT2D eigenvalue weighted by molar-refractivity contribution is 5.89. The van der Waals surface area contributed by atoms with Crippen molar-refractivity contribution in [1.29, 1.82) is 0 Å².